The van der Waals surface area contributed by atoms with Gasteiger partial charge in [0, 0.05) is 25.7 Å². The van der Waals surface area contributed by atoms with Crippen LogP contribution in [0.3, 0.4) is 0 Å². The minimum Gasteiger partial charge on any atom is -0.465 e. The number of nitrogens with zero attached hydrogens (tertiary/aromatic N) is 2. The number of aliphatic hydroxyl groups is 1. The summed E-state index contributed by atoms with van der Waals surface area (Å²) in [5, 5.41) is 32.2. The molecule has 120 valence electrons. The van der Waals surface area contributed by atoms with E-state index in [1.165, 1.54) is 11.0 Å². The van der Waals surface area contributed by atoms with E-state index in [0.29, 0.717) is 30.9 Å². The van der Waals surface area contributed by atoms with E-state index in [-0.39, 0.29) is 18.2 Å². The number of nitro benzene ring substituents is 1. The summed E-state index contributed by atoms with van der Waals surface area (Å²) in [6.45, 7) is 1.20. The van der Waals surface area contributed by atoms with Crippen LogP contribution in [0.15, 0.2) is 18.2 Å². The fourth-order valence-electron chi connectivity index (χ4n) is 2.64. The van der Waals surface area contributed by atoms with Crippen molar-refractivity contribution >= 4 is 17.5 Å². The summed E-state index contributed by atoms with van der Waals surface area (Å²) >= 11 is 0. The first-order valence-electron chi connectivity index (χ1n) is 7.11. The van der Waals surface area contributed by atoms with Gasteiger partial charge in [-0.05, 0) is 30.4 Å². The first-order chi connectivity index (χ1) is 10.5. The minimum absolute atomic E-state index is 0.0857. The maximum atomic E-state index is 11.1. The summed E-state index contributed by atoms with van der Waals surface area (Å²) in [5.74, 6) is 0.127. The van der Waals surface area contributed by atoms with E-state index < -0.39 is 11.0 Å². The number of piperidine rings is 1. The number of likely N-dealkylation sites (tertiary alicyclic amines) is 1. The zero-order valence-corrected chi connectivity index (χ0v) is 12.1. The lowest BCUT2D eigenvalue weighted by Gasteiger charge is -2.30. The third kappa shape index (κ3) is 3.85. The van der Waals surface area contributed by atoms with E-state index in [4.69, 9.17) is 10.2 Å². The fourth-order valence-corrected chi connectivity index (χ4v) is 2.64. The van der Waals surface area contributed by atoms with Gasteiger partial charge in [0.2, 0.25) is 0 Å². The first kappa shape index (κ1) is 16.0. The van der Waals surface area contributed by atoms with Crippen molar-refractivity contribution in [2.45, 2.75) is 19.4 Å². The van der Waals surface area contributed by atoms with Gasteiger partial charge in [0.05, 0.1) is 11.5 Å². The third-order valence-corrected chi connectivity index (χ3v) is 3.81. The molecule has 1 unspecified atom stereocenters. The molecule has 8 heteroatoms. The monoisotopic (exact) mass is 309 g/mol. The molecule has 1 aliphatic heterocycles. The summed E-state index contributed by atoms with van der Waals surface area (Å²) < 4.78 is 0. The zero-order chi connectivity index (χ0) is 16.1. The summed E-state index contributed by atoms with van der Waals surface area (Å²) in [6, 6.07) is 4.54. The molecule has 1 atom stereocenters. The second-order valence-corrected chi connectivity index (χ2v) is 5.38. The van der Waals surface area contributed by atoms with Gasteiger partial charge in [-0.15, -0.1) is 0 Å². The average Bonchev–Trinajstić information content (AvgIpc) is 2.52. The number of aliphatic hydroxyl groups excluding tert-OH is 1. The van der Waals surface area contributed by atoms with E-state index in [2.05, 4.69) is 5.32 Å². The zero-order valence-electron chi connectivity index (χ0n) is 12.1. The lowest BCUT2D eigenvalue weighted by molar-refractivity contribution is -0.384. The van der Waals surface area contributed by atoms with Crippen molar-refractivity contribution in [2.75, 3.05) is 25.0 Å². The molecule has 1 saturated heterocycles. The predicted octanol–water partition coefficient (Wildman–Crippen LogP) is 1.89. The second-order valence-electron chi connectivity index (χ2n) is 5.38. The highest BCUT2D eigenvalue weighted by molar-refractivity contribution is 5.65. The quantitative estimate of drug-likeness (QED) is 0.565. The van der Waals surface area contributed by atoms with Crippen molar-refractivity contribution in [1.82, 2.24) is 4.90 Å². The molecule has 1 amide bonds. The van der Waals surface area contributed by atoms with Crippen LogP contribution in [0, 0.1) is 16.0 Å². The fraction of sp³-hybridized carbons (Fsp3) is 0.500. The molecule has 0 aromatic heterocycles. The number of nitro groups is 1. The highest BCUT2D eigenvalue weighted by atomic mass is 16.6. The van der Waals surface area contributed by atoms with Gasteiger partial charge < -0.3 is 20.4 Å². The summed E-state index contributed by atoms with van der Waals surface area (Å²) in [7, 11) is 0. The largest absolute Gasteiger partial charge is 0.465 e. The number of rotatable bonds is 5. The highest BCUT2D eigenvalue weighted by Gasteiger charge is 2.24. The van der Waals surface area contributed by atoms with Gasteiger partial charge in [0.25, 0.3) is 5.69 Å². The Bertz CT molecular complexity index is 563. The lowest BCUT2D eigenvalue weighted by Crippen LogP contribution is -2.41. The number of carbonyl (C=O) groups is 1. The smallest absolute Gasteiger partial charge is 0.407 e. The molecular formula is C14H19N3O5. The normalized spacial score (nSPS) is 18.0. The van der Waals surface area contributed by atoms with E-state index in [1.807, 2.05) is 0 Å². The van der Waals surface area contributed by atoms with Gasteiger partial charge in [0.1, 0.15) is 5.69 Å². The van der Waals surface area contributed by atoms with Crippen molar-refractivity contribution in [2.24, 2.45) is 5.92 Å². The Morgan fingerprint density at radius 3 is 2.91 bits per heavy atom. The summed E-state index contributed by atoms with van der Waals surface area (Å²) in [6.07, 6.45) is 0.756. The van der Waals surface area contributed by atoms with Gasteiger partial charge >= 0.3 is 6.09 Å². The van der Waals surface area contributed by atoms with Crippen molar-refractivity contribution < 1.29 is 19.9 Å². The predicted molar refractivity (Wildman–Crippen MR) is 79.8 cm³/mol. The topological polar surface area (TPSA) is 116 Å². The number of hydrogen-bond donors (Lipinski definition) is 3. The Labute approximate surface area is 127 Å². The molecule has 1 heterocycles. The molecule has 1 aromatic carbocycles. The third-order valence-electron chi connectivity index (χ3n) is 3.81. The van der Waals surface area contributed by atoms with Crippen LogP contribution in [0.25, 0.3) is 0 Å². The van der Waals surface area contributed by atoms with Crippen LogP contribution in [-0.4, -0.2) is 45.8 Å². The molecule has 1 aliphatic rings. The lowest BCUT2D eigenvalue weighted by atomic mass is 9.98. The maximum Gasteiger partial charge on any atom is 0.407 e. The molecule has 0 aliphatic carbocycles. The van der Waals surface area contributed by atoms with Gasteiger partial charge in [0.15, 0.2) is 0 Å². The molecule has 2 rings (SSSR count). The Morgan fingerprint density at radius 2 is 2.27 bits per heavy atom. The molecule has 0 spiro atoms. The summed E-state index contributed by atoms with van der Waals surface area (Å²) in [4.78, 5) is 22.9. The maximum absolute atomic E-state index is 11.1. The van der Waals surface area contributed by atoms with Gasteiger partial charge in [-0.2, -0.15) is 0 Å². The second kappa shape index (κ2) is 7.08. The van der Waals surface area contributed by atoms with Gasteiger partial charge in [-0.3, -0.25) is 10.1 Å². The van der Waals surface area contributed by atoms with E-state index >= 15 is 0 Å². The van der Waals surface area contributed by atoms with Crippen LogP contribution < -0.4 is 5.32 Å². The standard InChI is InChI=1S/C14H19N3O5/c18-9-10-3-4-12(13(6-10)17(21)22)15-7-11-2-1-5-16(8-11)14(19)20/h3-4,6,11,15,18H,1-2,5,7-9H2,(H,19,20). The number of amides is 1. The summed E-state index contributed by atoms with van der Waals surface area (Å²) in [5.41, 5.74) is 0.777. The molecule has 0 saturated carbocycles. The van der Waals surface area contributed by atoms with Crippen LogP contribution >= 0.6 is 0 Å². The minimum atomic E-state index is -0.928. The van der Waals surface area contributed by atoms with Crippen LogP contribution in [0.1, 0.15) is 18.4 Å². The van der Waals surface area contributed by atoms with Gasteiger partial charge in [-0.25, -0.2) is 4.79 Å². The number of carboxylic acid groups (broad SMARTS) is 1. The van der Waals surface area contributed by atoms with Crippen molar-refractivity contribution in [3.63, 3.8) is 0 Å². The molecule has 0 bridgehead atoms. The van der Waals surface area contributed by atoms with Crippen LogP contribution in [0.2, 0.25) is 0 Å². The molecule has 8 nitrogen and oxygen atoms in total. The number of hydrogen-bond acceptors (Lipinski definition) is 5. The van der Waals surface area contributed by atoms with E-state index in [0.717, 1.165) is 12.8 Å². The molecule has 1 aromatic rings. The Morgan fingerprint density at radius 1 is 1.50 bits per heavy atom. The SMILES string of the molecule is O=C(O)N1CCCC(CNc2ccc(CO)cc2[N+](=O)[O-])C1. The number of benzene rings is 1. The molecular weight excluding hydrogens is 290 g/mol. The van der Waals surface area contributed by atoms with Crippen LogP contribution in [-0.2, 0) is 6.61 Å². The van der Waals surface area contributed by atoms with Gasteiger partial charge in [-0.1, -0.05) is 6.07 Å². The molecule has 22 heavy (non-hydrogen) atoms. The van der Waals surface area contributed by atoms with E-state index in [9.17, 15) is 14.9 Å². The molecule has 1 fully saturated rings. The Balaban J connectivity index is 2.02. The molecule has 0 radical (unpaired) electrons. The highest BCUT2D eigenvalue weighted by Crippen LogP contribution is 2.26. The number of nitrogens with one attached hydrogen (secondary N) is 1. The van der Waals surface area contributed by atoms with Crippen molar-refractivity contribution in [3.8, 4) is 0 Å². The average molecular weight is 309 g/mol. The van der Waals surface area contributed by atoms with Crippen molar-refractivity contribution in [1.29, 1.82) is 0 Å². The van der Waals surface area contributed by atoms with Crippen molar-refractivity contribution in [3.05, 3.63) is 33.9 Å². The van der Waals surface area contributed by atoms with E-state index in [1.54, 1.807) is 12.1 Å². The van der Waals surface area contributed by atoms with Crippen LogP contribution in [0.4, 0.5) is 16.2 Å². The Kier molecular flexibility index (Phi) is 5.16. The van der Waals surface area contributed by atoms with Crippen LogP contribution in [0.5, 0.6) is 0 Å². The Hall–Kier alpha value is -2.35. The number of anilines is 1. The first-order valence-corrected chi connectivity index (χ1v) is 7.11. The molecule has 3 N–H and O–H groups in total.